The molecule has 2 aromatic heterocycles. The van der Waals surface area contributed by atoms with Crippen molar-refractivity contribution < 1.29 is 22.6 Å². The van der Waals surface area contributed by atoms with Crippen molar-refractivity contribution in [1.29, 1.82) is 0 Å². The molecule has 0 spiro atoms. The average molecular weight is 486 g/mol. The second-order valence-corrected chi connectivity index (χ2v) is 10.1. The van der Waals surface area contributed by atoms with E-state index in [1.54, 1.807) is 34.7 Å². The molecule has 2 heterocycles. The number of methoxy groups -OCH3 is 1. The lowest BCUT2D eigenvalue weighted by Crippen LogP contribution is -2.06. The van der Waals surface area contributed by atoms with Gasteiger partial charge in [-0.2, -0.15) is 10.2 Å². The molecule has 10 nitrogen and oxygen atoms in total. The molecule has 0 atom stereocenters. The standard InChI is InChI=1S/C23H27N5O5S/c1-15(2)32-17-12-19-22(20(13-17)33-16-6-8-18(9-7-16)34(5,29)30)28(14-31-4)26-23(19)24-21-10-11-27(3)25-21/h6-13,15H,14H2,1-5H3,(H,24,25,26). The molecule has 0 amide bonds. The van der Waals surface area contributed by atoms with Gasteiger partial charge in [0.05, 0.1) is 16.4 Å². The van der Waals surface area contributed by atoms with Gasteiger partial charge in [-0.15, -0.1) is 0 Å². The minimum atomic E-state index is -3.31. The number of fused-ring (bicyclic) bond motifs is 1. The molecule has 34 heavy (non-hydrogen) atoms. The summed E-state index contributed by atoms with van der Waals surface area (Å²) in [6, 6.07) is 11.8. The van der Waals surface area contributed by atoms with Crippen LogP contribution in [0.4, 0.5) is 11.6 Å². The fourth-order valence-electron chi connectivity index (χ4n) is 3.46. The molecule has 2 aromatic carbocycles. The van der Waals surface area contributed by atoms with Crippen LogP contribution in [0.15, 0.2) is 53.6 Å². The lowest BCUT2D eigenvalue weighted by molar-refractivity contribution is 0.124. The van der Waals surface area contributed by atoms with Crippen molar-refractivity contribution in [2.75, 3.05) is 18.7 Å². The van der Waals surface area contributed by atoms with Crippen molar-refractivity contribution in [3.05, 3.63) is 48.7 Å². The highest BCUT2D eigenvalue weighted by Gasteiger charge is 2.20. The van der Waals surface area contributed by atoms with Crippen molar-refractivity contribution in [3.8, 4) is 17.2 Å². The normalized spacial score (nSPS) is 11.8. The number of nitrogens with zero attached hydrogens (tertiary/aromatic N) is 4. The van der Waals surface area contributed by atoms with E-state index in [2.05, 4.69) is 15.5 Å². The number of benzene rings is 2. The fraction of sp³-hybridized carbons (Fsp3) is 0.304. The molecule has 0 saturated carbocycles. The first-order valence-corrected chi connectivity index (χ1v) is 12.5. The van der Waals surface area contributed by atoms with Gasteiger partial charge in [0.25, 0.3) is 0 Å². The third kappa shape index (κ3) is 5.15. The van der Waals surface area contributed by atoms with Gasteiger partial charge in [-0.1, -0.05) is 0 Å². The largest absolute Gasteiger partial charge is 0.491 e. The topological polar surface area (TPSA) is 110 Å². The summed E-state index contributed by atoms with van der Waals surface area (Å²) in [6.45, 7) is 4.07. The van der Waals surface area contributed by atoms with E-state index >= 15 is 0 Å². The van der Waals surface area contributed by atoms with Gasteiger partial charge in [0, 0.05) is 38.7 Å². The van der Waals surface area contributed by atoms with E-state index in [-0.39, 0.29) is 17.7 Å². The number of nitrogens with one attached hydrogen (secondary N) is 1. The second kappa shape index (κ2) is 9.35. The third-order valence-corrected chi connectivity index (χ3v) is 5.97. The fourth-order valence-corrected chi connectivity index (χ4v) is 4.10. The molecule has 180 valence electrons. The SMILES string of the molecule is COCn1nc(Nc2ccn(C)n2)c2cc(OC(C)C)cc(Oc3ccc(S(C)(=O)=O)cc3)c21. The summed E-state index contributed by atoms with van der Waals surface area (Å²) in [7, 11) is 0.111. The van der Waals surface area contributed by atoms with Crippen LogP contribution in [0.5, 0.6) is 17.2 Å². The summed E-state index contributed by atoms with van der Waals surface area (Å²) in [5, 5.41) is 13.0. The van der Waals surface area contributed by atoms with Crippen LogP contribution < -0.4 is 14.8 Å². The van der Waals surface area contributed by atoms with E-state index in [0.29, 0.717) is 34.4 Å². The van der Waals surface area contributed by atoms with Crippen molar-refractivity contribution in [2.24, 2.45) is 7.05 Å². The minimum Gasteiger partial charge on any atom is -0.491 e. The van der Waals surface area contributed by atoms with Gasteiger partial charge in [-0.05, 0) is 44.2 Å². The van der Waals surface area contributed by atoms with E-state index in [9.17, 15) is 8.42 Å². The van der Waals surface area contributed by atoms with Gasteiger partial charge in [0.2, 0.25) is 0 Å². The average Bonchev–Trinajstić information content (AvgIpc) is 3.31. The Balaban J connectivity index is 1.83. The number of aromatic nitrogens is 4. The highest BCUT2D eigenvalue weighted by Crippen LogP contribution is 2.39. The molecule has 0 aliphatic carbocycles. The highest BCUT2D eigenvalue weighted by atomic mass is 32.2. The zero-order chi connectivity index (χ0) is 24.5. The van der Waals surface area contributed by atoms with Crippen LogP contribution in [0.2, 0.25) is 0 Å². The zero-order valence-electron chi connectivity index (χ0n) is 19.6. The van der Waals surface area contributed by atoms with Crippen molar-refractivity contribution >= 4 is 32.4 Å². The molecule has 0 radical (unpaired) electrons. The maximum absolute atomic E-state index is 11.8. The van der Waals surface area contributed by atoms with Crippen LogP contribution >= 0.6 is 0 Å². The van der Waals surface area contributed by atoms with Crippen molar-refractivity contribution in [3.63, 3.8) is 0 Å². The smallest absolute Gasteiger partial charge is 0.175 e. The molecular formula is C23H27N5O5S. The van der Waals surface area contributed by atoms with Crippen LogP contribution in [0.1, 0.15) is 13.8 Å². The van der Waals surface area contributed by atoms with Gasteiger partial charge in [-0.25, -0.2) is 13.1 Å². The highest BCUT2D eigenvalue weighted by molar-refractivity contribution is 7.90. The maximum Gasteiger partial charge on any atom is 0.175 e. The number of hydrogen-bond acceptors (Lipinski definition) is 8. The van der Waals surface area contributed by atoms with Gasteiger partial charge in [0.15, 0.2) is 27.2 Å². The first kappa shape index (κ1) is 23.6. The number of ether oxygens (including phenoxy) is 3. The number of sulfone groups is 1. The van der Waals surface area contributed by atoms with E-state index in [0.717, 1.165) is 5.39 Å². The maximum atomic E-state index is 11.8. The Hall–Kier alpha value is -3.57. The van der Waals surface area contributed by atoms with E-state index < -0.39 is 9.84 Å². The summed E-state index contributed by atoms with van der Waals surface area (Å²) >= 11 is 0. The summed E-state index contributed by atoms with van der Waals surface area (Å²) in [6.07, 6.45) is 2.94. The molecule has 11 heteroatoms. The Morgan fingerprint density at radius 3 is 2.38 bits per heavy atom. The molecule has 0 bridgehead atoms. The predicted octanol–water partition coefficient (Wildman–Crippen LogP) is 4.10. The summed E-state index contributed by atoms with van der Waals surface area (Å²) in [4.78, 5) is 0.216. The van der Waals surface area contributed by atoms with E-state index in [4.69, 9.17) is 14.2 Å². The molecule has 0 aliphatic heterocycles. The molecule has 1 N–H and O–H groups in total. The monoisotopic (exact) mass is 485 g/mol. The Morgan fingerprint density at radius 2 is 1.79 bits per heavy atom. The van der Waals surface area contributed by atoms with Gasteiger partial charge >= 0.3 is 0 Å². The predicted molar refractivity (Wildman–Crippen MR) is 129 cm³/mol. The first-order chi connectivity index (χ1) is 16.1. The molecule has 0 aliphatic rings. The van der Waals surface area contributed by atoms with Gasteiger partial charge < -0.3 is 19.5 Å². The Labute approximate surface area is 198 Å². The lowest BCUT2D eigenvalue weighted by Gasteiger charge is -2.14. The Bertz CT molecular complexity index is 1410. The number of rotatable bonds is 9. The van der Waals surface area contributed by atoms with Crippen LogP contribution in [0, 0.1) is 0 Å². The number of anilines is 2. The third-order valence-electron chi connectivity index (χ3n) is 4.85. The zero-order valence-corrected chi connectivity index (χ0v) is 20.5. The van der Waals surface area contributed by atoms with Crippen LogP contribution in [-0.4, -0.2) is 47.4 Å². The van der Waals surface area contributed by atoms with Gasteiger partial charge in [0.1, 0.15) is 23.7 Å². The molecule has 0 saturated heterocycles. The van der Waals surface area contributed by atoms with Crippen LogP contribution in [0.3, 0.4) is 0 Å². The molecule has 4 aromatic rings. The van der Waals surface area contributed by atoms with E-state index in [1.165, 1.54) is 18.4 Å². The Morgan fingerprint density at radius 1 is 1.06 bits per heavy atom. The van der Waals surface area contributed by atoms with Crippen LogP contribution in [0.25, 0.3) is 10.9 Å². The molecule has 4 rings (SSSR count). The number of hydrogen-bond donors (Lipinski definition) is 1. The lowest BCUT2D eigenvalue weighted by atomic mass is 10.2. The molecular weight excluding hydrogens is 458 g/mol. The van der Waals surface area contributed by atoms with Gasteiger partial charge in [-0.3, -0.25) is 4.68 Å². The molecule has 0 unspecified atom stereocenters. The molecule has 0 fully saturated rings. The quantitative estimate of drug-likeness (QED) is 0.377. The number of aryl methyl sites for hydroxylation is 1. The summed E-state index contributed by atoms with van der Waals surface area (Å²) in [5.41, 5.74) is 0.684. The van der Waals surface area contributed by atoms with E-state index in [1.807, 2.05) is 39.2 Å². The van der Waals surface area contributed by atoms with Crippen molar-refractivity contribution in [1.82, 2.24) is 19.6 Å². The Kier molecular flexibility index (Phi) is 6.49. The van der Waals surface area contributed by atoms with Crippen LogP contribution in [-0.2, 0) is 28.4 Å². The summed E-state index contributed by atoms with van der Waals surface area (Å²) < 4.78 is 44.5. The first-order valence-electron chi connectivity index (χ1n) is 10.6. The second-order valence-electron chi connectivity index (χ2n) is 8.10. The van der Waals surface area contributed by atoms with Crippen molar-refractivity contribution in [2.45, 2.75) is 31.6 Å². The summed E-state index contributed by atoms with van der Waals surface area (Å²) in [5.74, 6) is 2.77. The minimum absolute atomic E-state index is 0.0550.